The predicted octanol–water partition coefficient (Wildman–Crippen LogP) is 3.17. The van der Waals surface area contributed by atoms with Crippen LogP contribution in [0.15, 0.2) is 23.0 Å². The molecular formula is C16H15F3N2O2. The molecule has 4 nitrogen and oxygen atoms in total. The lowest BCUT2D eigenvalue weighted by Crippen LogP contribution is -2.27. The first-order valence-corrected chi connectivity index (χ1v) is 7.32. The van der Waals surface area contributed by atoms with Crippen molar-refractivity contribution in [2.45, 2.75) is 31.4 Å². The number of aromatic nitrogens is 1. The maximum atomic E-state index is 13.6. The van der Waals surface area contributed by atoms with Gasteiger partial charge >= 0.3 is 6.18 Å². The smallest absolute Gasteiger partial charge is 0.355 e. The average Bonchev–Trinajstić information content (AvgIpc) is 2.42. The van der Waals surface area contributed by atoms with Gasteiger partial charge < -0.3 is 10.3 Å². The molecule has 122 valence electrons. The highest BCUT2D eigenvalue weighted by Crippen LogP contribution is 2.45. The second-order valence-corrected chi connectivity index (χ2v) is 5.71. The van der Waals surface area contributed by atoms with Crippen LogP contribution in [0.2, 0.25) is 0 Å². The quantitative estimate of drug-likeness (QED) is 0.891. The van der Waals surface area contributed by atoms with Crippen LogP contribution in [0, 0.1) is 0 Å². The number of pyridine rings is 1. The second-order valence-electron chi connectivity index (χ2n) is 5.71. The van der Waals surface area contributed by atoms with Gasteiger partial charge in [0.05, 0.1) is 11.1 Å². The highest BCUT2D eigenvalue weighted by atomic mass is 19.4. The molecule has 0 bridgehead atoms. The molecule has 1 aromatic carbocycles. The van der Waals surface area contributed by atoms with Crippen molar-refractivity contribution in [2.75, 3.05) is 7.05 Å². The summed E-state index contributed by atoms with van der Waals surface area (Å²) in [5.74, 6) is -0.761. The van der Waals surface area contributed by atoms with Crippen LogP contribution in [0.5, 0.6) is 0 Å². The number of carbonyl (C=O) groups is 1. The molecule has 2 aromatic rings. The number of alkyl halides is 3. The SMILES string of the molecule is CNC(=O)c1cc2ccc(C3CCC3)c(C(F)(F)F)c2[nH]c1=O. The lowest BCUT2D eigenvalue weighted by Gasteiger charge is -2.29. The van der Waals surface area contributed by atoms with E-state index in [0.717, 1.165) is 19.3 Å². The van der Waals surface area contributed by atoms with Crippen LogP contribution in [-0.2, 0) is 6.18 Å². The number of amides is 1. The summed E-state index contributed by atoms with van der Waals surface area (Å²) in [4.78, 5) is 25.9. The number of aromatic amines is 1. The molecule has 1 aromatic heterocycles. The normalized spacial score (nSPS) is 15.5. The topological polar surface area (TPSA) is 62.0 Å². The number of halogens is 3. The molecule has 1 aliphatic carbocycles. The fraction of sp³-hybridized carbons (Fsp3) is 0.375. The van der Waals surface area contributed by atoms with Gasteiger partial charge in [-0.3, -0.25) is 9.59 Å². The Hall–Kier alpha value is -2.31. The van der Waals surface area contributed by atoms with Crippen molar-refractivity contribution >= 4 is 16.8 Å². The molecule has 1 aliphatic rings. The largest absolute Gasteiger partial charge is 0.418 e. The summed E-state index contributed by atoms with van der Waals surface area (Å²) in [5.41, 5.74) is -1.85. The summed E-state index contributed by atoms with van der Waals surface area (Å²) in [6.45, 7) is 0. The predicted molar refractivity (Wildman–Crippen MR) is 79.6 cm³/mol. The van der Waals surface area contributed by atoms with Crippen LogP contribution in [0.4, 0.5) is 13.2 Å². The number of fused-ring (bicyclic) bond motifs is 1. The third-order valence-electron chi connectivity index (χ3n) is 4.35. The van der Waals surface area contributed by atoms with E-state index >= 15 is 0 Å². The molecule has 3 rings (SSSR count). The van der Waals surface area contributed by atoms with Gasteiger partial charge in [0, 0.05) is 7.05 Å². The molecule has 0 radical (unpaired) electrons. The van der Waals surface area contributed by atoms with Crippen LogP contribution in [0.1, 0.15) is 46.7 Å². The number of carbonyl (C=O) groups excluding carboxylic acids is 1. The van der Waals surface area contributed by atoms with Crippen molar-refractivity contribution in [1.29, 1.82) is 0 Å². The third-order valence-corrected chi connectivity index (χ3v) is 4.35. The van der Waals surface area contributed by atoms with E-state index in [1.807, 2.05) is 0 Å². The van der Waals surface area contributed by atoms with E-state index in [4.69, 9.17) is 0 Å². The van der Waals surface area contributed by atoms with Gasteiger partial charge in [0.25, 0.3) is 11.5 Å². The Labute approximate surface area is 129 Å². The number of H-pyrrole nitrogens is 1. The molecule has 2 N–H and O–H groups in total. The Morgan fingerprint density at radius 1 is 1.30 bits per heavy atom. The lowest BCUT2D eigenvalue weighted by molar-refractivity contribution is -0.137. The summed E-state index contributed by atoms with van der Waals surface area (Å²) in [6.07, 6.45) is -2.22. The minimum atomic E-state index is -4.57. The molecule has 0 aliphatic heterocycles. The minimum Gasteiger partial charge on any atom is -0.355 e. The Morgan fingerprint density at radius 3 is 2.52 bits per heavy atom. The van der Waals surface area contributed by atoms with E-state index in [2.05, 4.69) is 10.3 Å². The maximum Gasteiger partial charge on any atom is 0.418 e. The zero-order chi connectivity index (χ0) is 16.8. The molecule has 1 saturated carbocycles. The zero-order valence-corrected chi connectivity index (χ0v) is 12.4. The van der Waals surface area contributed by atoms with Gasteiger partial charge in [0.15, 0.2) is 0 Å². The summed E-state index contributed by atoms with van der Waals surface area (Å²) >= 11 is 0. The van der Waals surface area contributed by atoms with Crippen LogP contribution >= 0.6 is 0 Å². The molecule has 0 unspecified atom stereocenters. The van der Waals surface area contributed by atoms with Crippen molar-refractivity contribution in [2.24, 2.45) is 0 Å². The summed E-state index contributed by atoms with van der Waals surface area (Å²) < 4.78 is 40.7. The molecule has 0 spiro atoms. The van der Waals surface area contributed by atoms with E-state index < -0.39 is 23.2 Å². The van der Waals surface area contributed by atoms with Crippen molar-refractivity contribution in [3.63, 3.8) is 0 Å². The Kier molecular flexibility index (Phi) is 3.66. The highest BCUT2D eigenvalue weighted by molar-refractivity contribution is 5.97. The average molecular weight is 324 g/mol. The monoisotopic (exact) mass is 324 g/mol. The van der Waals surface area contributed by atoms with Crippen LogP contribution in [0.25, 0.3) is 10.9 Å². The fourth-order valence-corrected chi connectivity index (χ4v) is 2.96. The number of rotatable bonds is 2. The molecule has 1 fully saturated rings. The highest BCUT2D eigenvalue weighted by Gasteiger charge is 2.39. The van der Waals surface area contributed by atoms with Crippen LogP contribution in [-0.4, -0.2) is 17.9 Å². The van der Waals surface area contributed by atoms with E-state index in [1.165, 1.54) is 25.2 Å². The molecular weight excluding hydrogens is 309 g/mol. The van der Waals surface area contributed by atoms with Gasteiger partial charge in [-0.15, -0.1) is 0 Å². The number of hydrogen-bond acceptors (Lipinski definition) is 2. The van der Waals surface area contributed by atoms with Gasteiger partial charge in [0.2, 0.25) is 0 Å². The maximum absolute atomic E-state index is 13.6. The van der Waals surface area contributed by atoms with Crippen molar-refractivity contribution in [1.82, 2.24) is 10.3 Å². The molecule has 7 heteroatoms. The van der Waals surface area contributed by atoms with Gasteiger partial charge in [0.1, 0.15) is 5.56 Å². The summed E-state index contributed by atoms with van der Waals surface area (Å²) in [5, 5.41) is 2.49. The van der Waals surface area contributed by atoms with Crippen molar-refractivity contribution in [3.8, 4) is 0 Å². The fourth-order valence-electron chi connectivity index (χ4n) is 2.96. The van der Waals surface area contributed by atoms with Crippen LogP contribution < -0.4 is 10.9 Å². The Balaban J connectivity index is 2.30. The number of hydrogen-bond donors (Lipinski definition) is 2. The number of benzene rings is 1. The summed E-state index contributed by atoms with van der Waals surface area (Å²) in [6, 6.07) is 4.19. The molecule has 23 heavy (non-hydrogen) atoms. The van der Waals surface area contributed by atoms with E-state index in [1.54, 1.807) is 0 Å². The van der Waals surface area contributed by atoms with Crippen molar-refractivity contribution in [3.05, 3.63) is 45.2 Å². The second kappa shape index (κ2) is 5.40. The molecule has 0 atom stereocenters. The molecule has 1 heterocycles. The minimum absolute atomic E-state index is 0.127. The first-order chi connectivity index (χ1) is 10.8. The van der Waals surface area contributed by atoms with Gasteiger partial charge in [-0.1, -0.05) is 18.6 Å². The van der Waals surface area contributed by atoms with Gasteiger partial charge in [-0.25, -0.2) is 0 Å². The Morgan fingerprint density at radius 2 is 2.00 bits per heavy atom. The molecule has 0 saturated heterocycles. The van der Waals surface area contributed by atoms with E-state index in [0.29, 0.717) is 0 Å². The van der Waals surface area contributed by atoms with Gasteiger partial charge in [-0.05, 0) is 35.8 Å². The first-order valence-electron chi connectivity index (χ1n) is 7.32. The molecule has 1 amide bonds. The third kappa shape index (κ3) is 2.60. The lowest BCUT2D eigenvalue weighted by atomic mass is 9.77. The summed E-state index contributed by atoms with van der Waals surface area (Å²) in [7, 11) is 1.35. The van der Waals surface area contributed by atoms with Gasteiger partial charge in [-0.2, -0.15) is 13.2 Å². The standard InChI is InChI=1S/C16H15F3N2O2/c1-20-14(22)11-7-9-5-6-10(8-3-2-4-8)12(16(17,18)19)13(9)21-15(11)23/h5-8H,2-4H2,1H3,(H,20,22)(H,21,23). The van der Waals surface area contributed by atoms with Crippen LogP contribution in [0.3, 0.4) is 0 Å². The van der Waals surface area contributed by atoms with E-state index in [-0.39, 0.29) is 27.9 Å². The Bertz CT molecular complexity index is 836. The first kappa shape index (κ1) is 15.6. The zero-order valence-electron chi connectivity index (χ0n) is 12.4. The number of nitrogens with one attached hydrogen (secondary N) is 2. The van der Waals surface area contributed by atoms with E-state index in [9.17, 15) is 22.8 Å². The van der Waals surface area contributed by atoms with Crippen molar-refractivity contribution < 1.29 is 18.0 Å².